The Kier molecular flexibility index (Phi) is 6.05. The van der Waals surface area contributed by atoms with Gasteiger partial charge in [0.15, 0.2) is 0 Å². The number of hydrogen-bond acceptors (Lipinski definition) is 2. The lowest BCUT2D eigenvalue weighted by Crippen LogP contribution is -2.35. The molecule has 84 valence electrons. The van der Waals surface area contributed by atoms with Crippen LogP contribution in [0, 0.1) is 6.92 Å². The van der Waals surface area contributed by atoms with Crippen molar-refractivity contribution >= 4 is 19.5 Å². The average molecular weight is 227 g/mol. The molecule has 0 bridgehead atoms. The van der Waals surface area contributed by atoms with E-state index in [9.17, 15) is 4.79 Å². The van der Waals surface area contributed by atoms with Crippen molar-refractivity contribution in [3.63, 3.8) is 0 Å². The number of aliphatic carboxylic acids is 1. The van der Waals surface area contributed by atoms with Crippen molar-refractivity contribution in [1.29, 1.82) is 0 Å². The SMILES string of the molecule is CN[C@@H](Cc1ccccc1C)C(=O)O.S. The number of hydrogen-bond donors (Lipinski definition) is 2. The fourth-order valence-electron chi connectivity index (χ4n) is 1.37. The molecule has 0 aliphatic carbocycles. The highest BCUT2D eigenvalue weighted by Crippen LogP contribution is 2.09. The van der Waals surface area contributed by atoms with E-state index in [4.69, 9.17) is 5.11 Å². The summed E-state index contributed by atoms with van der Waals surface area (Å²) in [6.45, 7) is 1.99. The summed E-state index contributed by atoms with van der Waals surface area (Å²) in [6, 6.07) is 7.33. The van der Waals surface area contributed by atoms with E-state index in [-0.39, 0.29) is 13.5 Å². The van der Waals surface area contributed by atoms with E-state index in [1.165, 1.54) is 0 Å². The molecular formula is C11H17NO2S. The Morgan fingerprint density at radius 1 is 1.47 bits per heavy atom. The van der Waals surface area contributed by atoms with E-state index >= 15 is 0 Å². The van der Waals surface area contributed by atoms with Crippen LogP contribution in [0.1, 0.15) is 11.1 Å². The van der Waals surface area contributed by atoms with Crippen LogP contribution in [0.25, 0.3) is 0 Å². The molecule has 15 heavy (non-hydrogen) atoms. The van der Waals surface area contributed by atoms with Crippen molar-refractivity contribution in [3.8, 4) is 0 Å². The monoisotopic (exact) mass is 227 g/mol. The van der Waals surface area contributed by atoms with Gasteiger partial charge in [-0.1, -0.05) is 24.3 Å². The van der Waals surface area contributed by atoms with Crippen LogP contribution in [0.3, 0.4) is 0 Å². The van der Waals surface area contributed by atoms with Crippen LogP contribution >= 0.6 is 13.5 Å². The minimum Gasteiger partial charge on any atom is -0.480 e. The minimum absolute atomic E-state index is 0. The molecule has 3 nitrogen and oxygen atoms in total. The van der Waals surface area contributed by atoms with Crippen molar-refractivity contribution in [2.45, 2.75) is 19.4 Å². The van der Waals surface area contributed by atoms with Crippen molar-refractivity contribution in [2.24, 2.45) is 0 Å². The van der Waals surface area contributed by atoms with Crippen LogP contribution in [0.2, 0.25) is 0 Å². The largest absolute Gasteiger partial charge is 0.480 e. The average Bonchev–Trinajstić information content (AvgIpc) is 2.16. The molecule has 4 heteroatoms. The second-order valence-corrected chi connectivity index (χ2v) is 3.31. The summed E-state index contributed by atoms with van der Waals surface area (Å²) in [7, 11) is 1.66. The topological polar surface area (TPSA) is 49.3 Å². The molecule has 1 rings (SSSR count). The van der Waals surface area contributed by atoms with Gasteiger partial charge in [0.25, 0.3) is 0 Å². The molecule has 0 aliphatic heterocycles. The molecule has 0 fully saturated rings. The molecule has 0 aliphatic rings. The first-order chi connectivity index (χ1) is 6.65. The van der Waals surface area contributed by atoms with Crippen LogP contribution in [0.15, 0.2) is 24.3 Å². The molecule has 1 atom stereocenters. The van der Waals surface area contributed by atoms with Crippen molar-refractivity contribution < 1.29 is 9.90 Å². The first-order valence-corrected chi connectivity index (χ1v) is 4.59. The predicted molar refractivity (Wildman–Crippen MR) is 65.7 cm³/mol. The standard InChI is InChI=1S/C11H15NO2.H2S/c1-8-5-3-4-6-9(8)7-10(12-2)11(13)14;/h3-6,10,12H,7H2,1-2H3,(H,13,14);1H2/t10-;/m0./s1. The summed E-state index contributed by atoms with van der Waals surface area (Å²) < 4.78 is 0. The maximum atomic E-state index is 10.8. The van der Waals surface area contributed by atoms with Gasteiger partial charge in [0, 0.05) is 0 Å². The van der Waals surface area contributed by atoms with Gasteiger partial charge in [-0.3, -0.25) is 4.79 Å². The van der Waals surface area contributed by atoms with Gasteiger partial charge in [0.05, 0.1) is 0 Å². The molecule has 0 saturated carbocycles. The van der Waals surface area contributed by atoms with Crippen LogP contribution in [0.5, 0.6) is 0 Å². The Hall–Kier alpha value is -1.00. The Morgan fingerprint density at radius 2 is 2.07 bits per heavy atom. The first kappa shape index (κ1) is 14.0. The number of rotatable bonds is 4. The van der Waals surface area contributed by atoms with Gasteiger partial charge in [-0.25, -0.2) is 0 Å². The molecule has 0 amide bonds. The number of aryl methyl sites for hydroxylation is 1. The number of carboxylic acids is 1. The summed E-state index contributed by atoms with van der Waals surface area (Å²) in [4.78, 5) is 10.8. The van der Waals surface area contributed by atoms with Crippen molar-refractivity contribution in [3.05, 3.63) is 35.4 Å². The normalized spacial score (nSPS) is 11.6. The maximum Gasteiger partial charge on any atom is 0.321 e. The van der Waals surface area contributed by atoms with Gasteiger partial charge < -0.3 is 10.4 Å². The highest BCUT2D eigenvalue weighted by molar-refractivity contribution is 7.59. The molecular weight excluding hydrogens is 210 g/mol. The van der Waals surface area contributed by atoms with Crippen molar-refractivity contribution in [2.75, 3.05) is 7.05 Å². The zero-order valence-corrected chi connectivity index (χ0v) is 9.95. The quantitative estimate of drug-likeness (QED) is 0.815. The molecule has 2 N–H and O–H groups in total. The lowest BCUT2D eigenvalue weighted by Gasteiger charge is -2.12. The smallest absolute Gasteiger partial charge is 0.321 e. The third kappa shape index (κ3) is 3.93. The van der Waals surface area contributed by atoms with Crippen LogP contribution < -0.4 is 5.32 Å². The molecule has 0 radical (unpaired) electrons. The maximum absolute atomic E-state index is 10.8. The minimum atomic E-state index is -0.809. The van der Waals surface area contributed by atoms with Crippen LogP contribution in [-0.2, 0) is 11.2 Å². The molecule has 0 heterocycles. The van der Waals surface area contributed by atoms with Crippen LogP contribution in [-0.4, -0.2) is 24.2 Å². The van der Waals surface area contributed by atoms with Gasteiger partial charge in [0.1, 0.15) is 6.04 Å². The lowest BCUT2D eigenvalue weighted by molar-refractivity contribution is -0.139. The van der Waals surface area contributed by atoms with E-state index < -0.39 is 12.0 Å². The van der Waals surface area contributed by atoms with E-state index in [0.29, 0.717) is 6.42 Å². The second-order valence-electron chi connectivity index (χ2n) is 3.31. The summed E-state index contributed by atoms with van der Waals surface area (Å²) >= 11 is 0. The molecule has 0 spiro atoms. The van der Waals surface area contributed by atoms with Crippen molar-refractivity contribution in [1.82, 2.24) is 5.32 Å². The van der Waals surface area contributed by atoms with Gasteiger partial charge in [-0.2, -0.15) is 13.5 Å². The summed E-state index contributed by atoms with van der Waals surface area (Å²) in [5, 5.41) is 11.6. The predicted octanol–water partition coefficient (Wildman–Crippen LogP) is 1.32. The Balaban J connectivity index is 0.00000196. The van der Waals surface area contributed by atoms with E-state index in [1.54, 1.807) is 7.05 Å². The van der Waals surface area contributed by atoms with Gasteiger partial charge >= 0.3 is 5.97 Å². The number of benzene rings is 1. The summed E-state index contributed by atoms with van der Waals surface area (Å²) in [6.07, 6.45) is 0.526. The molecule has 1 aromatic rings. The number of carbonyl (C=O) groups is 1. The highest BCUT2D eigenvalue weighted by atomic mass is 32.1. The molecule has 1 aromatic carbocycles. The van der Waals surface area contributed by atoms with E-state index in [2.05, 4.69) is 5.32 Å². The third-order valence-corrected chi connectivity index (χ3v) is 2.33. The first-order valence-electron chi connectivity index (χ1n) is 4.59. The Morgan fingerprint density at radius 3 is 2.53 bits per heavy atom. The highest BCUT2D eigenvalue weighted by Gasteiger charge is 2.15. The van der Waals surface area contributed by atoms with Gasteiger partial charge in [-0.15, -0.1) is 0 Å². The lowest BCUT2D eigenvalue weighted by atomic mass is 10.0. The second kappa shape index (κ2) is 6.48. The fraction of sp³-hybridized carbons (Fsp3) is 0.364. The third-order valence-electron chi connectivity index (χ3n) is 2.33. The number of carboxylic acid groups (broad SMARTS) is 1. The Bertz CT molecular complexity index is 328. The molecule has 0 saturated heterocycles. The Labute approximate surface area is 97.0 Å². The van der Waals surface area contributed by atoms with E-state index in [0.717, 1.165) is 11.1 Å². The summed E-state index contributed by atoms with van der Waals surface area (Å²) in [5.74, 6) is -0.809. The number of likely N-dealkylation sites (N-methyl/N-ethyl adjacent to an activating group) is 1. The molecule has 0 unspecified atom stereocenters. The van der Waals surface area contributed by atoms with Crippen LogP contribution in [0.4, 0.5) is 0 Å². The zero-order chi connectivity index (χ0) is 10.6. The summed E-state index contributed by atoms with van der Waals surface area (Å²) in [5.41, 5.74) is 2.21. The molecule has 0 aromatic heterocycles. The van der Waals surface area contributed by atoms with Gasteiger partial charge in [0.2, 0.25) is 0 Å². The van der Waals surface area contributed by atoms with E-state index in [1.807, 2.05) is 31.2 Å². The fourth-order valence-corrected chi connectivity index (χ4v) is 1.37. The number of nitrogens with one attached hydrogen (secondary N) is 1. The zero-order valence-electron chi connectivity index (χ0n) is 8.95. The van der Waals surface area contributed by atoms with Gasteiger partial charge in [-0.05, 0) is 31.5 Å².